The lowest BCUT2D eigenvalue weighted by molar-refractivity contribution is -0.120. The lowest BCUT2D eigenvalue weighted by Crippen LogP contribution is -2.32. The van der Waals surface area contributed by atoms with E-state index in [1.165, 1.54) is 17.3 Å². The van der Waals surface area contributed by atoms with Gasteiger partial charge in [-0.1, -0.05) is 41.9 Å². The average molecular weight is 378 g/mol. The lowest BCUT2D eigenvalue weighted by atomic mass is 10.2. The highest BCUT2D eigenvalue weighted by Gasteiger charge is 2.13. The van der Waals surface area contributed by atoms with Gasteiger partial charge in [-0.3, -0.25) is 4.79 Å². The summed E-state index contributed by atoms with van der Waals surface area (Å²) in [7, 11) is 0. The number of hydrogen-bond donors (Lipinski definition) is 1. The van der Waals surface area contributed by atoms with Gasteiger partial charge in [0.2, 0.25) is 5.91 Å². The van der Waals surface area contributed by atoms with Crippen LogP contribution >= 0.6 is 23.4 Å². The van der Waals surface area contributed by atoms with E-state index in [2.05, 4.69) is 17.4 Å². The van der Waals surface area contributed by atoms with Crippen molar-refractivity contribution in [2.75, 3.05) is 19.8 Å². The molecule has 0 heterocycles. The predicted molar refractivity (Wildman–Crippen MR) is 105 cm³/mol. The summed E-state index contributed by atoms with van der Waals surface area (Å²) in [4.78, 5) is 13.1. The van der Waals surface area contributed by atoms with E-state index in [9.17, 15) is 4.79 Å². The van der Waals surface area contributed by atoms with Crippen LogP contribution < -0.4 is 5.32 Å². The van der Waals surface area contributed by atoms with Crippen LogP contribution in [0.5, 0.6) is 0 Å². The molecule has 0 aromatic heterocycles. The number of thioether (sulfide) groups is 1. The summed E-state index contributed by atoms with van der Waals surface area (Å²) >= 11 is 7.39. The Bertz CT molecular complexity index is 634. The largest absolute Gasteiger partial charge is 0.381 e. The molecular formula is C20H24ClNO2S. The maximum absolute atomic E-state index is 12.1. The topological polar surface area (TPSA) is 38.3 Å². The van der Waals surface area contributed by atoms with Gasteiger partial charge in [0.05, 0.1) is 11.9 Å². The molecule has 0 aliphatic carbocycles. The van der Waals surface area contributed by atoms with E-state index in [1.807, 2.05) is 49.4 Å². The van der Waals surface area contributed by atoms with E-state index in [0.717, 1.165) is 17.7 Å². The van der Waals surface area contributed by atoms with Gasteiger partial charge >= 0.3 is 0 Å². The third-order valence-corrected chi connectivity index (χ3v) is 5.00. The second-order valence-electron chi connectivity index (χ2n) is 5.71. The molecule has 1 N–H and O–H groups in total. The molecule has 0 saturated heterocycles. The molecule has 0 radical (unpaired) electrons. The van der Waals surface area contributed by atoms with Crippen molar-refractivity contribution in [3.8, 4) is 0 Å². The first-order valence-corrected chi connectivity index (χ1v) is 9.72. The molecule has 1 amide bonds. The quantitative estimate of drug-likeness (QED) is 0.486. The zero-order valence-electron chi connectivity index (χ0n) is 14.4. The fraction of sp³-hybridized carbons (Fsp3) is 0.350. The monoisotopic (exact) mass is 377 g/mol. The normalized spacial score (nSPS) is 11.9. The number of rotatable bonds is 10. The minimum atomic E-state index is -0.139. The molecule has 0 bridgehead atoms. The Morgan fingerprint density at radius 1 is 1.12 bits per heavy atom. The van der Waals surface area contributed by atoms with Crippen LogP contribution in [0.2, 0.25) is 5.02 Å². The van der Waals surface area contributed by atoms with Crippen LogP contribution in [-0.2, 0) is 16.0 Å². The molecule has 0 aliphatic heterocycles. The Labute approximate surface area is 159 Å². The third-order valence-electron chi connectivity index (χ3n) is 3.64. The van der Waals surface area contributed by atoms with Crippen molar-refractivity contribution in [1.29, 1.82) is 0 Å². The molecule has 2 aromatic carbocycles. The Hall–Kier alpha value is -1.49. The van der Waals surface area contributed by atoms with E-state index in [-0.39, 0.29) is 11.2 Å². The minimum Gasteiger partial charge on any atom is -0.381 e. The zero-order chi connectivity index (χ0) is 17.9. The van der Waals surface area contributed by atoms with Crippen LogP contribution in [0.3, 0.4) is 0 Å². The Morgan fingerprint density at radius 3 is 2.56 bits per heavy atom. The molecule has 25 heavy (non-hydrogen) atoms. The molecule has 1 atom stereocenters. The number of halogens is 1. The van der Waals surface area contributed by atoms with Crippen molar-refractivity contribution in [3.63, 3.8) is 0 Å². The van der Waals surface area contributed by atoms with Crippen molar-refractivity contribution in [2.24, 2.45) is 0 Å². The smallest absolute Gasteiger partial charge is 0.233 e. The summed E-state index contributed by atoms with van der Waals surface area (Å²) in [5.41, 5.74) is 1.28. The SMILES string of the molecule is CC(Sc1ccc(Cl)cc1)C(=O)NCCCOCCc1ccccc1. The standard InChI is InChI=1S/C20H24ClNO2S/c1-16(25-19-10-8-18(21)9-11-19)20(23)22-13-5-14-24-15-12-17-6-3-2-4-7-17/h2-4,6-11,16H,5,12-15H2,1H3,(H,22,23). The molecule has 0 spiro atoms. The van der Waals surface area contributed by atoms with Crippen LogP contribution in [0.25, 0.3) is 0 Å². The summed E-state index contributed by atoms with van der Waals surface area (Å²) in [6.07, 6.45) is 1.74. The molecule has 0 fully saturated rings. The molecule has 134 valence electrons. The van der Waals surface area contributed by atoms with E-state index in [4.69, 9.17) is 16.3 Å². The molecule has 0 aliphatic rings. The van der Waals surface area contributed by atoms with Gasteiger partial charge in [-0.25, -0.2) is 0 Å². The number of amides is 1. The second-order valence-corrected chi connectivity index (χ2v) is 7.56. The molecule has 2 aromatic rings. The van der Waals surface area contributed by atoms with E-state index in [0.29, 0.717) is 24.8 Å². The van der Waals surface area contributed by atoms with Gasteiger partial charge in [0, 0.05) is 23.1 Å². The molecule has 1 unspecified atom stereocenters. The van der Waals surface area contributed by atoms with Crippen molar-refractivity contribution in [1.82, 2.24) is 5.32 Å². The number of benzene rings is 2. The summed E-state index contributed by atoms with van der Waals surface area (Å²) in [6.45, 7) is 3.91. The molecular weight excluding hydrogens is 354 g/mol. The van der Waals surface area contributed by atoms with Gasteiger partial charge in [-0.2, -0.15) is 0 Å². The Morgan fingerprint density at radius 2 is 1.84 bits per heavy atom. The van der Waals surface area contributed by atoms with Gasteiger partial charge in [0.1, 0.15) is 0 Å². The van der Waals surface area contributed by atoms with Crippen LogP contribution in [0, 0.1) is 0 Å². The minimum absolute atomic E-state index is 0.0456. The number of ether oxygens (including phenoxy) is 1. The summed E-state index contributed by atoms with van der Waals surface area (Å²) < 4.78 is 5.62. The van der Waals surface area contributed by atoms with Crippen molar-refractivity contribution >= 4 is 29.3 Å². The number of carbonyl (C=O) groups excluding carboxylic acids is 1. The maximum Gasteiger partial charge on any atom is 0.233 e. The number of carbonyl (C=O) groups is 1. The summed E-state index contributed by atoms with van der Waals surface area (Å²) in [5.74, 6) is 0.0456. The highest BCUT2D eigenvalue weighted by atomic mass is 35.5. The molecule has 2 rings (SSSR count). The van der Waals surface area contributed by atoms with Crippen LogP contribution in [0.4, 0.5) is 0 Å². The predicted octanol–water partition coefficient (Wildman–Crippen LogP) is 4.59. The zero-order valence-corrected chi connectivity index (χ0v) is 16.0. The van der Waals surface area contributed by atoms with Crippen molar-refractivity contribution in [3.05, 3.63) is 65.2 Å². The van der Waals surface area contributed by atoms with Crippen molar-refractivity contribution < 1.29 is 9.53 Å². The first kappa shape index (κ1) is 19.8. The van der Waals surface area contributed by atoms with Gasteiger partial charge in [-0.05, 0) is 49.6 Å². The molecule has 5 heteroatoms. The van der Waals surface area contributed by atoms with Gasteiger partial charge < -0.3 is 10.1 Å². The maximum atomic E-state index is 12.1. The van der Waals surface area contributed by atoms with Crippen LogP contribution in [-0.4, -0.2) is 30.9 Å². The first-order valence-electron chi connectivity index (χ1n) is 8.47. The van der Waals surface area contributed by atoms with Crippen LogP contribution in [0.1, 0.15) is 18.9 Å². The first-order chi connectivity index (χ1) is 12.1. The fourth-order valence-electron chi connectivity index (χ4n) is 2.24. The van der Waals surface area contributed by atoms with Gasteiger partial charge in [-0.15, -0.1) is 11.8 Å². The third kappa shape index (κ3) is 7.95. The average Bonchev–Trinajstić information content (AvgIpc) is 2.63. The van der Waals surface area contributed by atoms with Gasteiger partial charge in [0.25, 0.3) is 0 Å². The highest BCUT2D eigenvalue weighted by molar-refractivity contribution is 8.00. The van der Waals surface area contributed by atoms with E-state index >= 15 is 0 Å². The van der Waals surface area contributed by atoms with Crippen molar-refractivity contribution in [2.45, 2.75) is 29.9 Å². The lowest BCUT2D eigenvalue weighted by Gasteiger charge is -2.12. The van der Waals surface area contributed by atoms with Gasteiger partial charge in [0.15, 0.2) is 0 Å². The molecule has 3 nitrogen and oxygen atoms in total. The van der Waals surface area contributed by atoms with Crippen LogP contribution in [0.15, 0.2) is 59.5 Å². The Balaban J connectivity index is 1.53. The summed E-state index contributed by atoms with van der Waals surface area (Å²) in [5, 5.41) is 3.52. The van der Waals surface area contributed by atoms with E-state index < -0.39 is 0 Å². The number of hydrogen-bond acceptors (Lipinski definition) is 3. The summed E-state index contributed by atoms with van der Waals surface area (Å²) in [6, 6.07) is 17.8. The number of nitrogens with one attached hydrogen (secondary N) is 1. The molecule has 0 saturated carbocycles. The fourth-order valence-corrected chi connectivity index (χ4v) is 3.25. The second kappa shape index (κ2) is 11.2. The Kier molecular flexibility index (Phi) is 8.87. The highest BCUT2D eigenvalue weighted by Crippen LogP contribution is 2.24. The van der Waals surface area contributed by atoms with E-state index in [1.54, 1.807) is 0 Å².